The number of carbonyl (C=O) groups excluding carboxylic acids is 2. The van der Waals surface area contributed by atoms with E-state index in [1.54, 1.807) is 24.3 Å². The van der Waals surface area contributed by atoms with Crippen molar-refractivity contribution in [3.8, 4) is 11.3 Å². The molecule has 0 bridgehead atoms. The molecular formula is C21H13ClF6N2O3S. The molecule has 180 valence electrons. The van der Waals surface area contributed by atoms with Gasteiger partial charge < -0.3 is 9.84 Å². The van der Waals surface area contributed by atoms with Gasteiger partial charge >= 0.3 is 12.4 Å². The van der Waals surface area contributed by atoms with Crippen LogP contribution in [0.5, 0.6) is 0 Å². The van der Waals surface area contributed by atoms with Gasteiger partial charge in [0.1, 0.15) is 11.5 Å². The van der Waals surface area contributed by atoms with Gasteiger partial charge in [-0.3, -0.25) is 9.59 Å². The molecule has 0 saturated carbocycles. The van der Waals surface area contributed by atoms with E-state index in [4.69, 9.17) is 16.1 Å². The van der Waals surface area contributed by atoms with Gasteiger partial charge in [0.2, 0.25) is 11.0 Å². The molecule has 0 radical (unpaired) electrons. The Bertz CT molecular complexity index is 1210. The smallest absolute Gasteiger partial charge is 0.360 e. The van der Waals surface area contributed by atoms with Crippen LogP contribution in [0.25, 0.3) is 11.3 Å². The van der Waals surface area contributed by atoms with Crippen molar-refractivity contribution < 1.29 is 40.5 Å². The number of aryl methyl sites for hydroxylation is 1. The molecule has 0 aliphatic heterocycles. The van der Waals surface area contributed by atoms with E-state index in [-0.39, 0.29) is 28.1 Å². The number of thioether (sulfide) groups is 1. The molecule has 1 amide bonds. The van der Waals surface area contributed by atoms with Crippen LogP contribution in [0.1, 0.15) is 27.2 Å². The van der Waals surface area contributed by atoms with Gasteiger partial charge in [0, 0.05) is 11.3 Å². The summed E-state index contributed by atoms with van der Waals surface area (Å²) < 4.78 is 82.9. The molecule has 1 heterocycles. The van der Waals surface area contributed by atoms with Crippen LogP contribution in [0.3, 0.4) is 0 Å². The van der Waals surface area contributed by atoms with Crippen molar-refractivity contribution in [3.05, 3.63) is 69.9 Å². The van der Waals surface area contributed by atoms with E-state index in [0.717, 1.165) is 0 Å². The highest BCUT2D eigenvalue weighted by molar-refractivity contribution is 8.14. The Balaban J connectivity index is 1.76. The summed E-state index contributed by atoms with van der Waals surface area (Å²) in [4.78, 5) is 24.9. The maximum absolute atomic E-state index is 13.0. The molecule has 5 nitrogen and oxygen atoms in total. The van der Waals surface area contributed by atoms with Gasteiger partial charge in [0.25, 0.3) is 0 Å². The number of benzene rings is 2. The predicted octanol–water partition coefficient (Wildman–Crippen LogP) is 6.85. The highest BCUT2D eigenvalue weighted by Gasteiger charge is 2.37. The normalized spacial score (nSPS) is 12.0. The number of alkyl halides is 6. The van der Waals surface area contributed by atoms with Crippen molar-refractivity contribution in [2.45, 2.75) is 19.3 Å². The van der Waals surface area contributed by atoms with Gasteiger partial charge in [-0.05, 0) is 31.2 Å². The first-order valence-electron chi connectivity index (χ1n) is 9.25. The second-order valence-electron chi connectivity index (χ2n) is 6.86. The molecule has 0 aliphatic rings. The van der Waals surface area contributed by atoms with Crippen LogP contribution in [0.2, 0.25) is 5.02 Å². The number of rotatable bonds is 5. The SMILES string of the molecule is Cc1onc(-c2ccccc2Cl)c1C(=O)SCC(=O)Nc1cc(C(F)(F)F)cc(C(F)(F)F)c1. The lowest BCUT2D eigenvalue weighted by Crippen LogP contribution is -2.18. The molecule has 2 aromatic carbocycles. The van der Waals surface area contributed by atoms with E-state index in [0.29, 0.717) is 29.5 Å². The molecule has 0 fully saturated rings. The van der Waals surface area contributed by atoms with E-state index in [9.17, 15) is 35.9 Å². The van der Waals surface area contributed by atoms with Crippen molar-refractivity contribution >= 4 is 40.1 Å². The van der Waals surface area contributed by atoms with Gasteiger partial charge in [-0.1, -0.05) is 46.7 Å². The highest BCUT2D eigenvalue weighted by atomic mass is 35.5. The van der Waals surface area contributed by atoms with E-state index in [1.807, 2.05) is 5.32 Å². The molecule has 13 heteroatoms. The number of carbonyl (C=O) groups is 2. The maximum atomic E-state index is 13.0. The first-order valence-corrected chi connectivity index (χ1v) is 10.6. The molecule has 0 atom stereocenters. The minimum atomic E-state index is -5.06. The fraction of sp³-hybridized carbons (Fsp3) is 0.190. The fourth-order valence-electron chi connectivity index (χ4n) is 2.88. The zero-order valence-corrected chi connectivity index (χ0v) is 18.5. The fourth-order valence-corrected chi connectivity index (χ4v) is 3.82. The molecule has 0 aliphatic carbocycles. The Hall–Kier alpha value is -2.99. The summed E-state index contributed by atoms with van der Waals surface area (Å²) in [7, 11) is 0. The third-order valence-electron chi connectivity index (χ3n) is 4.40. The molecule has 34 heavy (non-hydrogen) atoms. The summed E-state index contributed by atoms with van der Waals surface area (Å²) in [6, 6.07) is 7.18. The largest absolute Gasteiger partial charge is 0.416 e. The molecule has 0 spiro atoms. The van der Waals surface area contributed by atoms with Crippen LogP contribution in [0.15, 0.2) is 47.0 Å². The Labute approximate surface area is 197 Å². The average Bonchev–Trinajstić information content (AvgIpc) is 3.12. The third-order valence-corrected chi connectivity index (χ3v) is 5.60. The van der Waals surface area contributed by atoms with Crippen LogP contribution in [-0.2, 0) is 17.1 Å². The van der Waals surface area contributed by atoms with Crippen molar-refractivity contribution in [1.29, 1.82) is 0 Å². The van der Waals surface area contributed by atoms with E-state index >= 15 is 0 Å². The molecule has 1 N–H and O–H groups in total. The number of anilines is 1. The summed E-state index contributed by atoms with van der Waals surface area (Å²) >= 11 is 6.60. The topological polar surface area (TPSA) is 72.2 Å². The lowest BCUT2D eigenvalue weighted by molar-refractivity contribution is -0.143. The van der Waals surface area contributed by atoms with Gasteiger partial charge in [0.05, 0.1) is 27.5 Å². The lowest BCUT2D eigenvalue weighted by Gasteiger charge is -2.14. The number of nitrogens with one attached hydrogen (secondary N) is 1. The second kappa shape index (κ2) is 9.71. The zero-order valence-electron chi connectivity index (χ0n) is 17.0. The predicted molar refractivity (Wildman–Crippen MR) is 114 cm³/mol. The van der Waals surface area contributed by atoms with Gasteiger partial charge in [-0.2, -0.15) is 26.3 Å². The maximum Gasteiger partial charge on any atom is 0.416 e. The summed E-state index contributed by atoms with van der Waals surface area (Å²) in [5.74, 6) is -1.44. The summed E-state index contributed by atoms with van der Waals surface area (Å²) in [5.41, 5.74) is -3.30. The average molecular weight is 523 g/mol. The van der Waals surface area contributed by atoms with Gasteiger partial charge in [0.15, 0.2) is 0 Å². The lowest BCUT2D eigenvalue weighted by atomic mass is 10.1. The number of hydrogen-bond acceptors (Lipinski definition) is 5. The Kier molecular flexibility index (Phi) is 7.32. The van der Waals surface area contributed by atoms with Gasteiger partial charge in [-0.15, -0.1) is 0 Å². The quantitative estimate of drug-likeness (QED) is 0.371. The molecule has 3 rings (SSSR count). The third kappa shape index (κ3) is 5.92. The molecule has 3 aromatic rings. The monoisotopic (exact) mass is 522 g/mol. The van der Waals surface area contributed by atoms with Crippen LogP contribution in [-0.4, -0.2) is 21.9 Å². The first-order chi connectivity index (χ1) is 15.8. The minimum absolute atomic E-state index is 0.0318. The summed E-state index contributed by atoms with van der Waals surface area (Å²) in [6.45, 7) is 1.46. The summed E-state index contributed by atoms with van der Waals surface area (Å²) in [5, 5.41) is 5.43. The minimum Gasteiger partial charge on any atom is -0.360 e. The number of aromatic nitrogens is 1. The molecule has 1 aromatic heterocycles. The Morgan fingerprint density at radius 1 is 1.03 bits per heavy atom. The highest BCUT2D eigenvalue weighted by Crippen LogP contribution is 2.38. The number of halogens is 7. The van der Waals surface area contributed by atoms with Crippen LogP contribution in [0.4, 0.5) is 32.0 Å². The van der Waals surface area contributed by atoms with E-state index in [2.05, 4.69) is 5.16 Å². The van der Waals surface area contributed by atoms with Crippen molar-refractivity contribution in [2.24, 2.45) is 0 Å². The van der Waals surface area contributed by atoms with Gasteiger partial charge in [-0.25, -0.2) is 0 Å². The van der Waals surface area contributed by atoms with Crippen LogP contribution in [0, 0.1) is 6.92 Å². The Morgan fingerprint density at radius 2 is 1.62 bits per heavy atom. The molecule has 0 saturated heterocycles. The first kappa shape index (κ1) is 25.6. The number of amides is 1. The second-order valence-corrected chi connectivity index (χ2v) is 8.22. The summed E-state index contributed by atoms with van der Waals surface area (Å²) in [6.07, 6.45) is -10.1. The zero-order chi connectivity index (χ0) is 25.3. The van der Waals surface area contributed by atoms with Crippen molar-refractivity contribution in [1.82, 2.24) is 5.16 Å². The molecule has 0 unspecified atom stereocenters. The number of nitrogens with zero attached hydrogens (tertiary/aromatic N) is 1. The molecular weight excluding hydrogens is 510 g/mol. The van der Waals surface area contributed by atoms with Crippen LogP contribution >= 0.6 is 23.4 Å². The number of hydrogen-bond donors (Lipinski definition) is 1. The van der Waals surface area contributed by atoms with E-state index < -0.39 is 45.9 Å². The van der Waals surface area contributed by atoms with Crippen molar-refractivity contribution in [3.63, 3.8) is 0 Å². The van der Waals surface area contributed by atoms with Crippen molar-refractivity contribution in [2.75, 3.05) is 11.1 Å². The Morgan fingerprint density at radius 3 is 2.18 bits per heavy atom. The standard InChI is InChI=1S/C21H13ClF6N2O3S/c1-10-17(18(30-33-10)14-4-2-3-5-15(14)22)19(32)34-9-16(31)29-13-7-11(20(23,24)25)6-12(8-13)21(26,27)28/h2-8H,9H2,1H3,(H,29,31). The van der Waals surface area contributed by atoms with Crippen LogP contribution < -0.4 is 5.32 Å². The van der Waals surface area contributed by atoms with E-state index in [1.165, 1.54) is 6.92 Å².